The maximum Gasteiger partial charge on any atom is 0.263 e. The zero-order valence-electron chi connectivity index (χ0n) is 18.0. The number of fused-ring (bicyclic) bond motifs is 2. The fourth-order valence-corrected chi connectivity index (χ4v) is 5.04. The predicted octanol–water partition coefficient (Wildman–Crippen LogP) is 6.38. The second kappa shape index (κ2) is 8.03. The molecule has 0 amide bonds. The molecule has 4 rings (SSSR count). The van der Waals surface area contributed by atoms with E-state index in [4.69, 9.17) is 4.74 Å². The minimum absolute atomic E-state index is 0.885. The van der Waals surface area contributed by atoms with Gasteiger partial charge in [-0.05, 0) is 69.0 Å². The molecule has 0 radical (unpaired) electrons. The lowest BCUT2D eigenvalue weighted by Gasteiger charge is -2.16. The van der Waals surface area contributed by atoms with Crippen LogP contribution in [0.2, 0.25) is 0 Å². The summed E-state index contributed by atoms with van der Waals surface area (Å²) in [5, 5.41) is 1.28. The van der Waals surface area contributed by atoms with Gasteiger partial charge in [0, 0.05) is 24.8 Å². The number of thiazole rings is 1. The third-order valence-corrected chi connectivity index (χ3v) is 6.75. The minimum Gasteiger partial charge on any atom is -0.439 e. The maximum absolute atomic E-state index is 6.27. The highest BCUT2D eigenvalue weighted by atomic mass is 32.1. The molecule has 0 aliphatic carbocycles. The molecule has 0 spiro atoms. The zero-order valence-corrected chi connectivity index (χ0v) is 18.8. The van der Waals surface area contributed by atoms with Crippen LogP contribution < -0.4 is 14.2 Å². The van der Waals surface area contributed by atoms with E-state index in [-0.39, 0.29) is 0 Å². The van der Waals surface area contributed by atoms with Crippen molar-refractivity contribution in [3.63, 3.8) is 0 Å². The predicted molar refractivity (Wildman–Crippen MR) is 124 cm³/mol. The molecule has 1 aromatic heterocycles. The summed E-state index contributed by atoms with van der Waals surface area (Å²) in [6.45, 7) is 12.7. The first-order chi connectivity index (χ1) is 14.0. The molecule has 29 heavy (non-hydrogen) atoms. The van der Waals surface area contributed by atoms with Crippen LogP contribution in [0.25, 0.3) is 16.3 Å². The molecule has 4 heteroatoms. The highest BCUT2D eigenvalue weighted by Crippen LogP contribution is 2.41. The third-order valence-electron chi connectivity index (χ3n) is 5.64. The molecular formula is C25H29N2OS+. The largest absolute Gasteiger partial charge is 0.439 e. The molecule has 2 heterocycles. The molecule has 0 fully saturated rings. The van der Waals surface area contributed by atoms with Crippen molar-refractivity contribution in [1.29, 1.82) is 0 Å². The lowest BCUT2D eigenvalue weighted by molar-refractivity contribution is -0.665. The molecule has 1 aliphatic rings. The standard InChI is InChI=1S/C25H29N2OS/c1-6-19(16-25-27(8-3)20-11-9-10-12-23(20)29-25)15-24-26(7-2)21-13-17(4)18(5)14-22(21)28-24/h9-16H,6-8H2,1-5H3/q+1. The summed E-state index contributed by atoms with van der Waals surface area (Å²) in [6, 6.07) is 13.0. The molecule has 0 N–H and O–H groups in total. The van der Waals surface area contributed by atoms with Crippen molar-refractivity contribution in [2.24, 2.45) is 0 Å². The van der Waals surface area contributed by atoms with Gasteiger partial charge in [-0.2, -0.15) is 4.57 Å². The molecule has 0 saturated carbocycles. The Hall–Kier alpha value is -2.59. The molecule has 2 aromatic carbocycles. The average Bonchev–Trinajstić information content (AvgIpc) is 3.24. The van der Waals surface area contributed by atoms with Crippen LogP contribution in [0.4, 0.5) is 5.69 Å². The van der Waals surface area contributed by atoms with Crippen molar-refractivity contribution >= 4 is 33.3 Å². The van der Waals surface area contributed by atoms with Crippen LogP contribution in [-0.4, -0.2) is 6.54 Å². The zero-order chi connectivity index (χ0) is 20.5. The summed E-state index contributed by atoms with van der Waals surface area (Å²) in [7, 11) is 0. The quantitative estimate of drug-likeness (QED) is 0.458. The Bertz CT molecular complexity index is 1120. The van der Waals surface area contributed by atoms with E-state index in [1.54, 1.807) is 0 Å². The third kappa shape index (κ3) is 3.58. The van der Waals surface area contributed by atoms with Crippen LogP contribution in [0, 0.1) is 13.8 Å². The number of benzene rings is 2. The van der Waals surface area contributed by atoms with E-state index in [2.05, 4.69) is 92.6 Å². The van der Waals surface area contributed by atoms with Crippen molar-refractivity contribution in [1.82, 2.24) is 0 Å². The summed E-state index contributed by atoms with van der Waals surface area (Å²) in [6.07, 6.45) is 5.48. The Morgan fingerprint density at radius 1 is 1.10 bits per heavy atom. The lowest BCUT2D eigenvalue weighted by Crippen LogP contribution is -2.33. The Morgan fingerprint density at radius 3 is 2.59 bits per heavy atom. The van der Waals surface area contributed by atoms with Crippen LogP contribution in [0.15, 0.2) is 53.9 Å². The topological polar surface area (TPSA) is 16.4 Å². The van der Waals surface area contributed by atoms with Gasteiger partial charge in [0.15, 0.2) is 5.75 Å². The monoisotopic (exact) mass is 405 g/mol. The van der Waals surface area contributed by atoms with Crippen LogP contribution in [0.1, 0.15) is 43.3 Å². The van der Waals surface area contributed by atoms with Gasteiger partial charge in [-0.3, -0.25) is 0 Å². The second-order valence-corrected chi connectivity index (χ2v) is 8.52. The molecule has 0 bridgehead atoms. The molecule has 0 saturated heterocycles. The molecule has 1 aliphatic heterocycles. The van der Waals surface area contributed by atoms with Gasteiger partial charge >= 0.3 is 0 Å². The van der Waals surface area contributed by atoms with Gasteiger partial charge in [0.25, 0.3) is 5.01 Å². The summed E-state index contributed by atoms with van der Waals surface area (Å²) < 4.78 is 9.99. The van der Waals surface area contributed by atoms with E-state index in [1.165, 1.54) is 37.6 Å². The smallest absolute Gasteiger partial charge is 0.263 e. The first-order valence-electron chi connectivity index (χ1n) is 10.5. The van der Waals surface area contributed by atoms with Crippen molar-refractivity contribution < 1.29 is 9.30 Å². The number of hydrogen-bond donors (Lipinski definition) is 0. The van der Waals surface area contributed by atoms with Gasteiger partial charge in [-0.15, -0.1) is 0 Å². The first-order valence-corrected chi connectivity index (χ1v) is 11.3. The maximum atomic E-state index is 6.27. The van der Waals surface area contributed by atoms with Gasteiger partial charge in [-0.25, -0.2) is 0 Å². The number of rotatable bonds is 5. The van der Waals surface area contributed by atoms with E-state index in [9.17, 15) is 0 Å². The number of nitrogens with zero attached hydrogens (tertiary/aromatic N) is 2. The van der Waals surface area contributed by atoms with Gasteiger partial charge < -0.3 is 9.64 Å². The number of ether oxygens (including phenoxy) is 1. The van der Waals surface area contributed by atoms with Crippen molar-refractivity contribution in [3.8, 4) is 5.75 Å². The second-order valence-electron chi connectivity index (χ2n) is 7.46. The molecule has 150 valence electrons. The number of aryl methyl sites for hydroxylation is 3. The minimum atomic E-state index is 0.885. The molecular weight excluding hydrogens is 376 g/mol. The van der Waals surface area contributed by atoms with Crippen molar-refractivity contribution in [2.75, 3.05) is 11.4 Å². The normalized spacial score (nSPS) is 15.3. The van der Waals surface area contributed by atoms with Crippen molar-refractivity contribution in [2.45, 2.75) is 47.6 Å². The van der Waals surface area contributed by atoms with Crippen LogP contribution in [-0.2, 0) is 6.54 Å². The van der Waals surface area contributed by atoms with Crippen LogP contribution in [0.3, 0.4) is 0 Å². The number of anilines is 1. The average molecular weight is 406 g/mol. The molecule has 0 atom stereocenters. The summed E-state index contributed by atoms with van der Waals surface area (Å²) in [5.74, 6) is 1.88. The molecule has 3 aromatic rings. The number of aromatic nitrogens is 1. The summed E-state index contributed by atoms with van der Waals surface area (Å²) in [4.78, 5) is 2.27. The Morgan fingerprint density at radius 2 is 1.86 bits per heavy atom. The summed E-state index contributed by atoms with van der Waals surface area (Å²) in [5.41, 5.74) is 6.31. The number of allylic oxidation sites excluding steroid dienone is 2. The highest BCUT2D eigenvalue weighted by molar-refractivity contribution is 7.18. The van der Waals surface area contributed by atoms with Gasteiger partial charge in [0.05, 0.1) is 5.69 Å². The Kier molecular flexibility index (Phi) is 5.46. The Balaban J connectivity index is 1.75. The molecule has 0 unspecified atom stereocenters. The van der Waals surface area contributed by atoms with E-state index in [0.29, 0.717) is 0 Å². The van der Waals surface area contributed by atoms with Gasteiger partial charge in [0.2, 0.25) is 11.4 Å². The van der Waals surface area contributed by atoms with Crippen LogP contribution >= 0.6 is 11.3 Å². The summed E-state index contributed by atoms with van der Waals surface area (Å²) >= 11 is 1.85. The SMILES string of the molecule is CCC(=C/c1sc2ccccc2[n+]1CC)/C=C1/Oc2cc(C)c(C)cc2N1CC. The van der Waals surface area contributed by atoms with Gasteiger partial charge in [0.1, 0.15) is 11.2 Å². The van der Waals surface area contributed by atoms with E-state index in [1.807, 2.05) is 11.3 Å². The van der Waals surface area contributed by atoms with Crippen molar-refractivity contribution in [3.05, 3.63) is 70.1 Å². The lowest BCUT2D eigenvalue weighted by atomic mass is 10.1. The Labute approximate surface area is 177 Å². The number of para-hydroxylation sites is 1. The first kappa shape index (κ1) is 19.7. The highest BCUT2D eigenvalue weighted by Gasteiger charge is 2.26. The fraction of sp³-hybridized carbons (Fsp3) is 0.320. The van der Waals surface area contributed by atoms with E-state index >= 15 is 0 Å². The fourth-order valence-electron chi connectivity index (χ4n) is 3.84. The van der Waals surface area contributed by atoms with E-state index < -0.39 is 0 Å². The van der Waals surface area contributed by atoms with Crippen LogP contribution in [0.5, 0.6) is 5.75 Å². The number of hydrogen-bond acceptors (Lipinski definition) is 3. The van der Waals surface area contributed by atoms with Gasteiger partial charge in [-0.1, -0.05) is 30.4 Å². The molecule has 3 nitrogen and oxygen atoms in total. The van der Waals surface area contributed by atoms with E-state index in [0.717, 1.165) is 31.1 Å².